The molecular weight excluding hydrogens is 370 g/mol. The number of rotatable bonds is 4. The summed E-state index contributed by atoms with van der Waals surface area (Å²) in [5, 5.41) is 3.06. The zero-order valence-electron chi connectivity index (χ0n) is 16.0. The van der Waals surface area contributed by atoms with Gasteiger partial charge in [0.05, 0.1) is 10.6 Å². The molecule has 0 spiro atoms. The molecule has 3 heterocycles. The molecule has 0 fully saturated rings. The predicted octanol–water partition coefficient (Wildman–Crippen LogP) is 3.01. The van der Waals surface area contributed by atoms with E-state index in [1.165, 1.54) is 10.4 Å². The summed E-state index contributed by atoms with van der Waals surface area (Å²) in [6, 6.07) is 9.96. The van der Waals surface area contributed by atoms with Crippen LogP contribution in [0.2, 0.25) is 0 Å². The first-order valence-electron chi connectivity index (χ1n) is 9.26. The Hall–Kier alpha value is -2.77. The van der Waals surface area contributed by atoms with Crippen LogP contribution in [0.15, 0.2) is 36.5 Å². The number of nitrogens with one attached hydrogen (secondary N) is 1. The Balaban J connectivity index is 1.44. The topological polar surface area (TPSA) is 84.1 Å². The Labute approximate surface area is 168 Å². The van der Waals surface area contributed by atoms with Crippen molar-refractivity contribution in [3.05, 3.63) is 63.0 Å². The second-order valence-electron chi connectivity index (χ2n) is 7.17. The lowest BCUT2D eigenvalue weighted by Gasteiger charge is -2.21. The van der Waals surface area contributed by atoms with Gasteiger partial charge >= 0.3 is 0 Å². The number of anilines is 1. The molecule has 28 heavy (non-hydrogen) atoms. The standard InChI is InChI=1S/C21H23N5OS/c1-13-9-14(17-5-7-23-21(22)25-17)3-4-15(13)11-24-20(27)19-10-16-12-26(2)8-6-18(16)28-19/h3-5,7,9-10H,6,8,11-12H2,1-2H3,(H,24,27)(H2,22,23,25). The first-order chi connectivity index (χ1) is 13.5. The van der Waals surface area contributed by atoms with Gasteiger partial charge in [0, 0.05) is 36.3 Å². The number of nitrogen functional groups attached to an aromatic ring is 1. The number of carbonyl (C=O) groups is 1. The van der Waals surface area contributed by atoms with Crippen LogP contribution in [0.1, 0.15) is 31.2 Å². The fourth-order valence-electron chi connectivity index (χ4n) is 3.44. The summed E-state index contributed by atoms with van der Waals surface area (Å²) in [5.41, 5.74) is 10.9. The summed E-state index contributed by atoms with van der Waals surface area (Å²) >= 11 is 1.62. The molecular formula is C21H23N5OS. The molecule has 0 aliphatic carbocycles. The molecule has 144 valence electrons. The van der Waals surface area contributed by atoms with Crippen LogP contribution >= 0.6 is 11.3 Å². The molecule has 0 radical (unpaired) electrons. The van der Waals surface area contributed by atoms with Gasteiger partial charge in [-0.25, -0.2) is 9.97 Å². The van der Waals surface area contributed by atoms with Crippen molar-refractivity contribution >= 4 is 23.2 Å². The van der Waals surface area contributed by atoms with E-state index in [9.17, 15) is 4.79 Å². The monoisotopic (exact) mass is 393 g/mol. The lowest BCUT2D eigenvalue weighted by Crippen LogP contribution is -2.25. The van der Waals surface area contributed by atoms with Crippen molar-refractivity contribution in [2.75, 3.05) is 19.3 Å². The van der Waals surface area contributed by atoms with Crippen LogP contribution < -0.4 is 11.1 Å². The molecule has 1 aliphatic rings. The van der Waals surface area contributed by atoms with E-state index >= 15 is 0 Å². The number of nitrogens with zero attached hydrogens (tertiary/aromatic N) is 3. The van der Waals surface area contributed by atoms with Crippen molar-refractivity contribution in [1.29, 1.82) is 0 Å². The number of likely N-dealkylation sites (N-methyl/N-ethyl adjacent to an activating group) is 1. The molecule has 3 N–H and O–H groups in total. The molecule has 2 aromatic heterocycles. The van der Waals surface area contributed by atoms with Crippen LogP contribution in [0.5, 0.6) is 0 Å². The molecule has 0 unspecified atom stereocenters. The Morgan fingerprint density at radius 1 is 1.32 bits per heavy atom. The van der Waals surface area contributed by atoms with E-state index in [2.05, 4.69) is 33.3 Å². The number of aryl methyl sites for hydroxylation is 1. The zero-order valence-corrected chi connectivity index (χ0v) is 16.8. The Morgan fingerprint density at radius 2 is 2.18 bits per heavy atom. The van der Waals surface area contributed by atoms with E-state index in [0.29, 0.717) is 6.54 Å². The molecule has 3 aromatic rings. The average molecular weight is 394 g/mol. The highest BCUT2D eigenvalue weighted by Gasteiger charge is 2.19. The average Bonchev–Trinajstić information content (AvgIpc) is 3.10. The Morgan fingerprint density at radius 3 is 2.96 bits per heavy atom. The third kappa shape index (κ3) is 3.90. The molecule has 4 rings (SSSR count). The maximum atomic E-state index is 12.6. The molecule has 0 atom stereocenters. The van der Waals surface area contributed by atoms with E-state index in [0.717, 1.165) is 46.8 Å². The van der Waals surface area contributed by atoms with Crippen LogP contribution in [0.4, 0.5) is 5.95 Å². The van der Waals surface area contributed by atoms with Gasteiger partial charge in [-0.1, -0.05) is 12.1 Å². The summed E-state index contributed by atoms with van der Waals surface area (Å²) in [6.07, 6.45) is 2.68. The third-order valence-corrected chi connectivity index (χ3v) is 6.27. The van der Waals surface area contributed by atoms with Crippen molar-refractivity contribution < 1.29 is 4.79 Å². The maximum absolute atomic E-state index is 12.6. The van der Waals surface area contributed by atoms with Crippen molar-refractivity contribution in [2.45, 2.75) is 26.4 Å². The van der Waals surface area contributed by atoms with Gasteiger partial charge in [0.2, 0.25) is 5.95 Å². The smallest absolute Gasteiger partial charge is 0.261 e. The molecule has 0 saturated carbocycles. The number of thiophene rings is 1. The number of aromatic nitrogens is 2. The minimum absolute atomic E-state index is 0.00546. The van der Waals surface area contributed by atoms with Crippen molar-refractivity contribution in [1.82, 2.24) is 20.2 Å². The van der Waals surface area contributed by atoms with Crippen LogP contribution in [0.25, 0.3) is 11.3 Å². The Bertz CT molecular complexity index is 1030. The maximum Gasteiger partial charge on any atom is 0.261 e. The van der Waals surface area contributed by atoms with Gasteiger partial charge in [-0.2, -0.15) is 0 Å². The number of carbonyl (C=O) groups excluding carboxylic acids is 1. The summed E-state index contributed by atoms with van der Waals surface area (Å²) in [5.74, 6) is 0.255. The van der Waals surface area contributed by atoms with Crippen LogP contribution in [-0.4, -0.2) is 34.4 Å². The van der Waals surface area contributed by atoms with Crippen molar-refractivity contribution in [3.8, 4) is 11.3 Å². The third-order valence-electron chi connectivity index (χ3n) is 5.03. The van der Waals surface area contributed by atoms with Crippen LogP contribution in [-0.2, 0) is 19.5 Å². The van der Waals surface area contributed by atoms with Gasteiger partial charge in [-0.15, -0.1) is 11.3 Å². The van der Waals surface area contributed by atoms with Gasteiger partial charge in [0.1, 0.15) is 0 Å². The fourth-order valence-corrected chi connectivity index (χ4v) is 4.52. The number of fused-ring (bicyclic) bond motifs is 1. The summed E-state index contributed by atoms with van der Waals surface area (Å²) in [6.45, 7) is 4.51. The number of benzene rings is 1. The first-order valence-corrected chi connectivity index (χ1v) is 10.1. The second-order valence-corrected chi connectivity index (χ2v) is 8.31. The van der Waals surface area contributed by atoms with E-state index in [1.807, 2.05) is 31.2 Å². The first kappa shape index (κ1) is 18.6. The molecule has 1 amide bonds. The highest BCUT2D eigenvalue weighted by Crippen LogP contribution is 2.27. The lowest BCUT2D eigenvalue weighted by atomic mass is 10.0. The molecule has 0 bridgehead atoms. The van der Waals surface area contributed by atoms with Crippen molar-refractivity contribution in [2.24, 2.45) is 0 Å². The summed E-state index contributed by atoms with van der Waals surface area (Å²) in [4.78, 5) is 25.2. The quantitative estimate of drug-likeness (QED) is 0.712. The molecule has 6 nitrogen and oxygen atoms in total. The minimum atomic E-state index is -0.00546. The van der Waals surface area contributed by atoms with Crippen LogP contribution in [0.3, 0.4) is 0 Å². The Kier molecular flexibility index (Phi) is 5.11. The molecule has 7 heteroatoms. The minimum Gasteiger partial charge on any atom is -0.368 e. The lowest BCUT2D eigenvalue weighted by molar-refractivity contribution is 0.0955. The molecule has 1 aromatic carbocycles. The summed E-state index contributed by atoms with van der Waals surface area (Å²) < 4.78 is 0. The van der Waals surface area contributed by atoms with E-state index in [1.54, 1.807) is 17.5 Å². The van der Waals surface area contributed by atoms with E-state index in [-0.39, 0.29) is 11.9 Å². The molecule has 1 aliphatic heterocycles. The van der Waals surface area contributed by atoms with Crippen LogP contribution in [0, 0.1) is 6.92 Å². The SMILES string of the molecule is Cc1cc(-c2ccnc(N)n2)ccc1CNC(=O)c1cc2c(s1)CCN(C)C2. The fraction of sp³-hybridized carbons (Fsp3) is 0.286. The second kappa shape index (κ2) is 7.69. The zero-order chi connectivity index (χ0) is 19.7. The number of hydrogen-bond acceptors (Lipinski definition) is 6. The number of hydrogen-bond donors (Lipinski definition) is 2. The van der Waals surface area contributed by atoms with Gasteiger partial charge < -0.3 is 16.0 Å². The predicted molar refractivity (Wildman–Crippen MR) is 112 cm³/mol. The highest BCUT2D eigenvalue weighted by atomic mass is 32.1. The number of nitrogens with two attached hydrogens (primary N) is 1. The largest absolute Gasteiger partial charge is 0.368 e. The van der Waals surface area contributed by atoms with E-state index < -0.39 is 0 Å². The molecule has 0 saturated heterocycles. The van der Waals surface area contributed by atoms with Gasteiger partial charge in [-0.05, 0) is 55.3 Å². The highest BCUT2D eigenvalue weighted by molar-refractivity contribution is 7.14. The van der Waals surface area contributed by atoms with Crippen molar-refractivity contribution in [3.63, 3.8) is 0 Å². The number of amides is 1. The van der Waals surface area contributed by atoms with Gasteiger partial charge in [0.25, 0.3) is 5.91 Å². The van der Waals surface area contributed by atoms with Gasteiger partial charge in [0.15, 0.2) is 0 Å². The van der Waals surface area contributed by atoms with E-state index in [4.69, 9.17) is 5.73 Å². The summed E-state index contributed by atoms with van der Waals surface area (Å²) in [7, 11) is 2.11. The normalized spacial score (nSPS) is 13.9. The van der Waals surface area contributed by atoms with Gasteiger partial charge in [-0.3, -0.25) is 4.79 Å².